The normalized spacial score (nSPS) is 10.2. The summed E-state index contributed by atoms with van der Waals surface area (Å²) in [5.74, 6) is -0.748. The maximum Gasteiger partial charge on any atom is 4.00 e. The van der Waals surface area contributed by atoms with Crippen LogP contribution in [-0.2, 0) is 29.2 Å². The van der Waals surface area contributed by atoms with E-state index in [1.54, 1.807) is 0 Å². The van der Waals surface area contributed by atoms with E-state index in [-0.39, 0.29) is 42.2 Å². The fourth-order valence-electron chi connectivity index (χ4n) is 1.42. The van der Waals surface area contributed by atoms with Crippen molar-refractivity contribution in [1.29, 1.82) is 5.26 Å². The summed E-state index contributed by atoms with van der Waals surface area (Å²) in [7, 11) is -8.61. The Labute approximate surface area is 156 Å². The zero-order valence-corrected chi connectivity index (χ0v) is 16.0. The topological polar surface area (TPSA) is 179 Å². The van der Waals surface area contributed by atoms with Gasteiger partial charge in [-0.1, -0.05) is 24.3 Å². The summed E-state index contributed by atoms with van der Waals surface area (Å²) in [6, 6.07) is 10.7. The second kappa shape index (κ2) is 11.2. The largest absolute Gasteiger partial charge is 4.00 e. The van der Waals surface area contributed by atoms with E-state index in [0.717, 1.165) is 0 Å². The fraction of sp³-hybridized carbons (Fsp3) is 0. The fourth-order valence-corrected chi connectivity index (χ4v) is 2.73. The Balaban J connectivity index is 0. The Morgan fingerprint density at radius 2 is 0.920 bits per heavy atom. The SMILES string of the molecule is O=P(O)(O)c1ccccc1O.O=P(O)(O)c1ccccc1O.[C-]#N.[Tc+4]. The molecule has 0 aliphatic carbocycles. The minimum Gasteiger partial charge on any atom is -0.512 e. The molecular weight excluding hydrogens is 458 g/mol. The Morgan fingerprint density at radius 1 is 0.680 bits per heavy atom. The summed E-state index contributed by atoms with van der Waals surface area (Å²) >= 11 is 0. The summed E-state index contributed by atoms with van der Waals surface area (Å²) in [5.41, 5.74) is 0. The van der Waals surface area contributed by atoms with Gasteiger partial charge in [0.1, 0.15) is 22.1 Å². The molecule has 0 saturated carbocycles. The molecule has 0 atom stereocenters. The first kappa shape index (κ1) is 25.7. The van der Waals surface area contributed by atoms with E-state index >= 15 is 0 Å². The Morgan fingerprint density at radius 3 is 1.08 bits per heavy atom. The van der Waals surface area contributed by atoms with E-state index in [9.17, 15) is 9.13 Å². The molecule has 0 bridgehead atoms. The van der Waals surface area contributed by atoms with Gasteiger partial charge < -0.3 is 41.6 Å². The van der Waals surface area contributed by atoms with Crippen LogP contribution >= 0.6 is 15.2 Å². The van der Waals surface area contributed by atoms with Crippen LogP contribution in [0.3, 0.4) is 0 Å². The van der Waals surface area contributed by atoms with E-state index in [1.165, 1.54) is 48.5 Å². The van der Waals surface area contributed by atoms with Crippen molar-refractivity contribution in [2.75, 3.05) is 0 Å². The standard InChI is InChI=1S/2C6H7O4P.CN.Tc/c2*7-5-3-1-2-4-6(5)11(8,9)10;1-2;/h2*1-4,7H,(H2,8,9,10);;/q;;-1;+4. The molecule has 6 N–H and O–H groups in total. The number of phenols is 2. The minimum atomic E-state index is -4.31. The average molecular weight is 472 g/mol. The first-order valence-corrected chi connectivity index (χ1v) is 9.16. The van der Waals surface area contributed by atoms with Crippen molar-refractivity contribution in [3.8, 4) is 11.5 Å². The van der Waals surface area contributed by atoms with Gasteiger partial charge in [0.2, 0.25) is 0 Å². The molecule has 2 aromatic carbocycles. The third-order valence-electron chi connectivity index (χ3n) is 2.39. The molecule has 2 rings (SSSR count). The molecule has 12 heteroatoms. The van der Waals surface area contributed by atoms with Crippen LogP contribution in [0, 0.1) is 11.8 Å². The number of para-hydroxylation sites is 2. The number of hydrogen-bond donors (Lipinski definition) is 6. The molecular formula is C13H14NO8P2Tc+3. The number of hydrogen-bond acceptors (Lipinski definition) is 5. The van der Waals surface area contributed by atoms with Gasteiger partial charge in [0.05, 0.1) is 0 Å². The van der Waals surface area contributed by atoms with Crippen molar-refractivity contribution < 1.29 is 59.0 Å². The molecule has 0 aliphatic rings. The molecule has 2 aromatic rings. The average Bonchev–Trinajstić information content (AvgIpc) is 2.48. The number of benzene rings is 2. The van der Waals surface area contributed by atoms with Crippen LogP contribution in [0.2, 0.25) is 0 Å². The molecule has 133 valence electrons. The number of phenolic OH excluding ortho intramolecular Hbond substituents is 2. The van der Waals surface area contributed by atoms with Crippen LogP contribution in [0.1, 0.15) is 0 Å². The van der Waals surface area contributed by atoms with Gasteiger partial charge in [-0.25, -0.2) is 0 Å². The third kappa shape index (κ3) is 8.94. The van der Waals surface area contributed by atoms with Crippen LogP contribution in [0.25, 0.3) is 0 Å². The predicted octanol–water partition coefficient (Wildman–Crippen LogP) is 0.484. The zero-order chi connectivity index (χ0) is 19.0. The Bertz CT molecular complexity index is 723. The first-order valence-electron chi connectivity index (χ1n) is 5.94. The number of nitrogens with zero attached hydrogens (tertiary/aromatic N) is 1. The molecule has 9 nitrogen and oxygen atoms in total. The van der Waals surface area contributed by atoms with E-state index in [1.807, 2.05) is 0 Å². The zero-order valence-electron chi connectivity index (χ0n) is 12.3. The van der Waals surface area contributed by atoms with Crippen molar-refractivity contribution in [2.45, 2.75) is 0 Å². The van der Waals surface area contributed by atoms with E-state index < -0.39 is 15.2 Å². The van der Waals surface area contributed by atoms with Crippen LogP contribution in [0.4, 0.5) is 0 Å². The van der Waals surface area contributed by atoms with Gasteiger partial charge in [-0.05, 0) is 24.3 Å². The molecule has 0 spiro atoms. The Hall–Kier alpha value is -1.52. The maximum atomic E-state index is 10.6. The van der Waals surface area contributed by atoms with Gasteiger partial charge >= 0.3 is 35.3 Å². The molecule has 0 fully saturated rings. The van der Waals surface area contributed by atoms with Gasteiger partial charge in [0.15, 0.2) is 0 Å². The maximum absolute atomic E-state index is 10.6. The molecule has 0 aliphatic heterocycles. The summed E-state index contributed by atoms with van der Waals surface area (Å²) in [5, 5.41) is 23.5. The van der Waals surface area contributed by atoms with E-state index in [0.29, 0.717) is 0 Å². The van der Waals surface area contributed by atoms with Crippen molar-refractivity contribution >= 4 is 25.8 Å². The summed E-state index contributed by atoms with van der Waals surface area (Å²) in [6.45, 7) is 4.75. The van der Waals surface area contributed by atoms with Crippen LogP contribution in [0.15, 0.2) is 48.5 Å². The van der Waals surface area contributed by atoms with Crippen LogP contribution in [0.5, 0.6) is 11.5 Å². The summed E-state index contributed by atoms with van der Waals surface area (Å²) in [4.78, 5) is 34.5. The molecule has 25 heavy (non-hydrogen) atoms. The first-order chi connectivity index (χ1) is 11.0. The van der Waals surface area contributed by atoms with Crippen LogP contribution < -0.4 is 10.6 Å². The van der Waals surface area contributed by atoms with Crippen molar-refractivity contribution in [2.24, 2.45) is 0 Å². The Kier molecular flexibility index (Phi) is 11.5. The molecule has 0 heterocycles. The van der Waals surface area contributed by atoms with Gasteiger partial charge in [-0.3, -0.25) is 9.13 Å². The van der Waals surface area contributed by atoms with E-state index in [2.05, 4.69) is 0 Å². The molecule has 0 unspecified atom stereocenters. The smallest absolute Gasteiger partial charge is 0.512 e. The molecule has 0 aromatic heterocycles. The van der Waals surface area contributed by atoms with Crippen molar-refractivity contribution in [3.63, 3.8) is 0 Å². The second-order valence-electron chi connectivity index (χ2n) is 4.07. The molecule has 0 amide bonds. The van der Waals surface area contributed by atoms with Crippen LogP contribution in [-0.4, -0.2) is 29.8 Å². The number of aromatic hydroxyl groups is 2. The van der Waals surface area contributed by atoms with Gasteiger partial charge in [0.25, 0.3) is 0 Å². The number of rotatable bonds is 2. The van der Waals surface area contributed by atoms with Gasteiger partial charge in [-0.15, -0.1) is 0 Å². The summed E-state index contributed by atoms with van der Waals surface area (Å²) < 4.78 is 21.2. The van der Waals surface area contributed by atoms with Crippen molar-refractivity contribution in [3.05, 3.63) is 55.1 Å². The minimum absolute atomic E-state index is 0. The molecule has 1 radical (unpaired) electrons. The predicted molar refractivity (Wildman–Crippen MR) is 84.5 cm³/mol. The van der Waals surface area contributed by atoms with Gasteiger partial charge in [0, 0.05) is 0 Å². The summed E-state index contributed by atoms with van der Waals surface area (Å²) in [6.07, 6.45) is 0. The van der Waals surface area contributed by atoms with Gasteiger partial charge in [-0.2, -0.15) is 0 Å². The third-order valence-corrected chi connectivity index (χ3v) is 4.40. The second-order valence-corrected chi connectivity index (χ2v) is 7.21. The monoisotopic (exact) mass is 471 g/mol. The van der Waals surface area contributed by atoms with Crippen molar-refractivity contribution in [1.82, 2.24) is 0 Å². The quantitative estimate of drug-likeness (QED) is 0.268. The van der Waals surface area contributed by atoms with E-state index in [4.69, 9.17) is 41.6 Å². The molecule has 0 saturated heterocycles.